The second-order valence-corrected chi connectivity index (χ2v) is 7.02. The zero-order valence-corrected chi connectivity index (χ0v) is 15.7. The molecule has 0 saturated heterocycles. The summed E-state index contributed by atoms with van der Waals surface area (Å²) in [6.45, 7) is 1.39. The fourth-order valence-corrected chi connectivity index (χ4v) is 3.36. The zero-order valence-electron chi connectivity index (χ0n) is 14.2. The SMILES string of the molecule is CC(=O)NC1=NC(=O)/C(=C/c2ccc(OCc3ccccc3F)c(Cl)c2)S1. The first kappa shape index (κ1) is 19.1. The topological polar surface area (TPSA) is 67.8 Å². The van der Waals surface area contributed by atoms with Crippen LogP contribution < -0.4 is 10.1 Å². The number of thioether (sulfide) groups is 1. The molecule has 3 rings (SSSR count). The van der Waals surface area contributed by atoms with E-state index in [0.717, 1.165) is 11.8 Å². The molecule has 1 heterocycles. The maximum absolute atomic E-state index is 13.6. The van der Waals surface area contributed by atoms with Gasteiger partial charge in [0.05, 0.1) is 9.93 Å². The third-order valence-corrected chi connectivity index (χ3v) is 4.69. The predicted octanol–water partition coefficient (Wildman–Crippen LogP) is 4.16. The molecule has 0 bridgehead atoms. The van der Waals surface area contributed by atoms with E-state index < -0.39 is 5.91 Å². The van der Waals surface area contributed by atoms with Crippen molar-refractivity contribution < 1.29 is 18.7 Å². The molecule has 1 N–H and O–H groups in total. The highest BCUT2D eigenvalue weighted by Gasteiger charge is 2.22. The summed E-state index contributed by atoms with van der Waals surface area (Å²) in [7, 11) is 0. The van der Waals surface area contributed by atoms with E-state index in [1.54, 1.807) is 42.5 Å². The van der Waals surface area contributed by atoms with Crippen molar-refractivity contribution in [1.29, 1.82) is 0 Å². The average Bonchev–Trinajstić information content (AvgIpc) is 2.94. The minimum absolute atomic E-state index is 0.0507. The van der Waals surface area contributed by atoms with Crippen LogP contribution in [-0.2, 0) is 16.2 Å². The summed E-state index contributed by atoms with van der Waals surface area (Å²) >= 11 is 7.30. The van der Waals surface area contributed by atoms with E-state index in [2.05, 4.69) is 10.3 Å². The number of carbonyl (C=O) groups is 2. The van der Waals surface area contributed by atoms with Crippen molar-refractivity contribution in [3.8, 4) is 5.75 Å². The molecular formula is C19H14ClFN2O3S. The van der Waals surface area contributed by atoms with Crippen molar-refractivity contribution in [2.45, 2.75) is 13.5 Å². The first-order valence-corrected chi connectivity index (χ1v) is 9.08. The van der Waals surface area contributed by atoms with E-state index in [-0.39, 0.29) is 23.5 Å². The second kappa shape index (κ2) is 8.37. The van der Waals surface area contributed by atoms with Crippen LogP contribution in [-0.4, -0.2) is 17.0 Å². The van der Waals surface area contributed by atoms with Crippen molar-refractivity contribution in [3.05, 3.63) is 69.3 Å². The Hall–Kier alpha value is -2.64. The largest absolute Gasteiger partial charge is 0.487 e. The highest BCUT2D eigenvalue weighted by atomic mass is 35.5. The molecule has 2 aromatic rings. The lowest BCUT2D eigenvalue weighted by atomic mass is 10.2. The standard InChI is InChI=1S/C19H14ClFN2O3S/c1-11(24)22-19-23-18(25)17(27-19)9-12-6-7-16(14(20)8-12)26-10-13-4-2-3-5-15(13)21/h2-9H,10H2,1H3,(H,22,23,24,25)/b17-9-. The summed E-state index contributed by atoms with van der Waals surface area (Å²) in [6.07, 6.45) is 1.62. The van der Waals surface area contributed by atoms with Gasteiger partial charge in [-0.1, -0.05) is 35.9 Å². The van der Waals surface area contributed by atoms with E-state index >= 15 is 0 Å². The number of ether oxygens (including phenoxy) is 1. The van der Waals surface area contributed by atoms with Gasteiger partial charge in [0, 0.05) is 12.5 Å². The van der Waals surface area contributed by atoms with Crippen LogP contribution in [0.3, 0.4) is 0 Å². The Balaban J connectivity index is 1.69. The Morgan fingerprint density at radius 2 is 2.11 bits per heavy atom. The van der Waals surface area contributed by atoms with Crippen molar-refractivity contribution in [2.75, 3.05) is 0 Å². The highest BCUT2D eigenvalue weighted by molar-refractivity contribution is 8.18. The zero-order chi connectivity index (χ0) is 19.4. The number of carbonyl (C=O) groups excluding carboxylic acids is 2. The lowest BCUT2D eigenvalue weighted by Gasteiger charge is -2.09. The van der Waals surface area contributed by atoms with Crippen LogP contribution >= 0.6 is 23.4 Å². The third kappa shape index (κ3) is 4.96. The van der Waals surface area contributed by atoms with Gasteiger partial charge < -0.3 is 10.1 Å². The van der Waals surface area contributed by atoms with Crippen molar-refractivity contribution in [3.63, 3.8) is 0 Å². The Labute approximate surface area is 164 Å². The Kier molecular flexibility index (Phi) is 5.93. The monoisotopic (exact) mass is 404 g/mol. The number of hydrogen-bond donors (Lipinski definition) is 1. The summed E-state index contributed by atoms with van der Waals surface area (Å²) in [5.74, 6) is -0.668. The quantitative estimate of drug-likeness (QED) is 0.777. The normalized spacial score (nSPS) is 15.0. The van der Waals surface area contributed by atoms with Crippen LogP contribution in [0.25, 0.3) is 6.08 Å². The predicted molar refractivity (Wildman–Crippen MR) is 104 cm³/mol. The highest BCUT2D eigenvalue weighted by Crippen LogP contribution is 2.31. The number of hydrogen-bond acceptors (Lipinski definition) is 4. The maximum Gasteiger partial charge on any atom is 0.286 e. The summed E-state index contributed by atoms with van der Waals surface area (Å²) in [5, 5.41) is 3.06. The van der Waals surface area contributed by atoms with Crippen LogP contribution in [0.4, 0.5) is 4.39 Å². The molecule has 0 aliphatic carbocycles. The summed E-state index contributed by atoms with van der Waals surface area (Å²) < 4.78 is 19.2. The Bertz CT molecular complexity index is 975. The lowest BCUT2D eigenvalue weighted by molar-refractivity contribution is -0.117. The van der Waals surface area contributed by atoms with E-state index in [1.807, 2.05) is 0 Å². The lowest BCUT2D eigenvalue weighted by Crippen LogP contribution is -2.23. The van der Waals surface area contributed by atoms with E-state index in [1.165, 1.54) is 13.0 Å². The molecule has 5 nitrogen and oxygen atoms in total. The van der Waals surface area contributed by atoms with Gasteiger partial charge in [-0.15, -0.1) is 0 Å². The smallest absolute Gasteiger partial charge is 0.286 e. The minimum Gasteiger partial charge on any atom is -0.487 e. The van der Waals surface area contributed by atoms with Crippen molar-refractivity contribution in [1.82, 2.24) is 5.32 Å². The van der Waals surface area contributed by atoms with Crippen LogP contribution in [0.1, 0.15) is 18.1 Å². The molecule has 27 heavy (non-hydrogen) atoms. The number of amidine groups is 1. The molecule has 0 atom stereocenters. The fraction of sp³-hybridized carbons (Fsp3) is 0.105. The molecule has 138 valence electrons. The van der Waals surface area contributed by atoms with Crippen LogP contribution in [0.15, 0.2) is 52.4 Å². The average molecular weight is 405 g/mol. The van der Waals surface area contributed by atoms with Crippen LogP contribution in [0, 0.1) is 5.82 Å². The minimum atomic E-state index is -0.431. The number of amides is 2. The van der Waals surface area contributed by atoms with E-state index in [9.17, 15) is 14.0 Å². The van der Waals surface area contributed by atoms with Crippen molar-refractivity contribution in [2.24, 2.45) is 4.99 Å². The first-order chi connectivity index (χ1) is 12.9. The molecule has 0 radical (unpaired) electrons. The molecule has 0 saturated carbocycles. The number of rotatable bonds is 4. The molecule has 0 fully saturated rings. The Morgan fingerprint density at radius 3 is 2.81 bits per heavy atom. The molecule has 0 spiro atoms. The number of nitrogens with one attached hydrogen (secondary N) is 1. The summed E-state index contributed by atoms with van der Waals surface area (Å²) in [4.78, 5) is 27.1. The molecule has 8 heteroatoms. The van der Waals surface area contributed by atoms with Gasteiger partial charge in [-0.3, -0.25) is 9.59 Å². The number of aliphatic imine (C=N–C) groups is 1. The van der Waals surface area contributed by atoms with Gasteiger partial charge in [0.15, 0.2) is 5.17 Å². The Morgan fingerprint density at radius 1 is 1.33 bits per heavy atom. The molecule has 0 aromatic heterocycles. The van der Waals surface area contributed by atoms with Gasteiger partial charge in [-0.2, -0.15) is 4.99 Å². The number of benzene rings is 2. The first-order valence-electron chi connectivity index (χ1n) is 7.88. The van der Waals surface area contributed by atoms with Gasteiger partial charge in [-0.25, -0.2) is 4.39 Å². The molecular weight excluding hydrogens is 391 g/mol. The van der Waals surface area contributed by atoms with Crippen LogP contribution in [0.5, 0.6) is 5.75 Å². The number of nitrogens with zero attached hydrogens (tertiary/aromatic N) is 1. The van der Waals surface area contributed by atoms with E-state index in [4.69, 9.17) is 16.3 Å². The van der Waals surface area contributed by atoms with Crippen molar-refractivity contribution >= 4 is 46.4 Å². The second-order valence-electron chi connectivity index (χ2n) is 5.58. The van der Waals surface area contributed by atoms with E-state index in [0.29, 0.717) is 26.8 Å². The van der Waals surface area contributed by atoms with Gasteiger partial charge in [0.2, 0.25) is 5.91 Å². The van der Waals surface area contributed by atoms with Crippen LogP contribution in [0.2, 0.25) is 5.02 Å². The van der Waals surface area contributed by atoms with Gasteiger partial charge in [0.1, 0.15) is 18.2 Å². The fourth-order valence-electron chi connectivity index (χ4n) is 2.26. The number of halogens is 2. The third-order valence-electron chi connectivity index (χ3n) is 3.50. The molecule has 2 aromatic carbocycles. The molecule has 1 aliphatic rings. The maximum atomic E-state index is 13.6. The molecule has 0 unspecified atom stereocenters. The van der Waals surface area contributed by atoms with Gasteiger partial charge in [0.25, 0.3) is 5.91 Å². The molecule has 1 aliphatic heterocycles. The van der Waals surface area contributed by atoms with Gasteiger partial charge >= 0.3 is 0 Å². The molecule has 2 amide bonds. The summed E-state index contributed by atoms with van der Waals surface area (Å²) in [6, 6.07) is 11.3. The van der Waals surface area contributed by atoms with Gasteiger partial charge in [-0.05, 0) is 41.6 Å². The summed E-state index contributed by atoms with van der Waals surface area (Å²) in [5.41, 5.74) is 1.10.